The maximum absolute atomic E-state index is 11.2. The van der Waals surface area contributed by atoms with Crippen molar-refractivity contribution in [2.75, 3.05) is 0 Å². The van der Waals surface area contributed by atoms with E-state index in [2.05, 4.69) is 10.3 Å². The fraction of sp³-hybridized carbons (Fsp3) is 0.357. The number of rotatable bonds is 5. The molecule has 0 fully saturated rings. The summed E-state index contributed by atoms with van der Waals surface area (Å²) in [6, 6.07) is 4.64. The highest BCUT2D eigenvalue weighted by molar-refractivity contribution is 6.33. The second kappa shape index (κ2) is 6.24. The van der Waals surface area contributed by atoms with Crippen LogP contribution in [0.4, 0.5) is 0 Å². The van der Waals surface area contributed by atoms with Crippen LogP contribution >= 0.6 is 11.6 Å². The van der Waals surface area contributed by atoms with Gasteiger partial charge in [0.2, 0.25) is 0 Å². The SMILES string of the molecule is CC(C)Cc1c(CO)nnn1-c1ccc(Cl)c(C(=O)O)c1. The molecule has 112 valence electrons. The van der Waals surface area contributed by atoms with E-state index in [1.165, 1.54) is 12.1 Å². The van der Waals surface area contributed by atoms with Gasteiger partial charge in [-0.2, -0.15) is 0 Å². The van der Waals surface area contributed by atoms with Gasteiger partial charge in [-0.1, -0.05) is 30.7 Å². The van der Waals surface area contributed by atoms with Gasteiger partial charge in [0.1, 0.15) is 5.69 Å². The Bertz CT molecular complexity index is 667. The normalized spacial score (nSPS) is 11.1. The summed E-state index contributed by atoms with van der Waals surface area (Å²) in [5.41, 5.74) is 1.83. The van der Waals surface area contributed by atoms with Crippen LogP contribution in [0, 0.1) is 5.92 Å². The van der Waals surface area contributed by atoms with Crippen LogP contribution in [0.15, 0.2) is 18.2 Å². The van der Waals surface area contributed by atoms with Gasteiger partial charge >= 0.3 is 5.97 Å². The number of hydrogen-bond acceptors (Lipinski definition) is 4. The van der Waals surface area contributed by atoms with Crippen molar-refractivity contribution >= 4 is 17.6 Å². The van der Waals surface area contributed by atoms with Crippen molar-refractivity contribution in [3.63, 3.8) is 0 Å². The zero-order valence-electron chi connectivity index (χ0n) is 11.7. The summed E-state index contributed by atoms with van der Waals surface area (Å²) in [5, 5.41) is 26.6. The zero-order valence-corrected chi connectivity index (χ0v) is 12.5. The summed E-state index contributed by atoms with van der Waals surface area (Å²) in [4.78, 5) is 11.2. The van der Waals surface area contributed by atoms with Gasteiger partial charge in [0.15, 0.2) is 0 Å². The number of aromatic carboxylic acids is 1. The Labute approximate surface area is 127 Å². The lowest BCUT2D eigenvalue weighted by atomic mass is 10.1. The van der Waals surface area contributed by atoms with Crippen LogP contribution in [0.5, 0.6) is 0 Å². The van der Waals surface area contributed by atoms with Crippen LogP contribution in [-0.2, 0) is 13.0 Å². The fourth-order valence-corrected chi connectivity index (χ4v) is 2.26. The molecule has 1 aromatic carbocycles. The molecule has 0 aliphatic carbocycles. The van der Waals surface area contributed by atoms with Crippen LogP contribution < -0.4 is 0 Å². The minimum absolute atomic E-state index is 0.00529. The summed E-state index contributed by atoms with van der Waals surface area (Å²) in [6.07, 6.45) is 0.675. The molecule has 0 unspecified atom stereocenters. The van der Waals surface area contributed by atoms with E-state index >= 15 is 0 Å². The van der Waals surface area contributed by atoms with E-state index in [1.807, 2.05) is 13.8 Å². The van der Waals surface area contributed by atoms with E-state index in [0.717, 1.165) is 5.69 Å². The molecule has 1 heterocycles. The molecule has 0 aliphatic heterocycles. The molecular formula is C14H16ClN3O3. The van der Waals surface area contributed by atoms with Gasteiger partial charge in [-0.15, -0.1) is 5.10 Å². The molecule has 0 bridgehead atoms. The molecule has 0 spiro atoms. The Morgan fingerprint density at radius 1 is 1.43 bits per heavy atom. The van der Waals surface area contributed by atoms with Crippen LogP contribution in [0.25, 0.3) is 5.69 Å². The minimum atomic E-state index is -1.10. The first-order chi connectivity index (χ1) is 9.93. The van der Waals surface area contributed by atoms with Crippen molar-refractivity contribution in [3.05, 3.63) is 40.2 Å². The number of nitrogens with zero attached hydrogens (tertiary/aromatic N) is 3. The third kappa shape index (κ3) is 3.22. The largest absolute Gasteiger partial charge is 0.478 e. The molecule has 6 nitrogen and oxygen atoms in total. The molecule has 0 saturated heterocycles. The first-order valence-corrected chi connectivity index (χ1v) is 6.89. The first-order valence-electron chi connectivity index (χ1n) is 6.51. The van der Waals surface area contributed by atoms with E-state index in [9.17, 15) is 9.90 Å². The molecule has 0 saturated carbocycles. The zero-order chi connectivity index (χ0) is 15.6. The van der Waals surface area contributed by atoms with Crippen molar-refractivity contribution in [2.45, 2.75) is 26.9 Å². The number of carboxylic acid groups (broad SMARTS) is 1. The van der Waals surface area contributed by atoms with Gasteiger partial charge in [0.05, 0.1) is 28.6 Å². The molecule has 1 aromatic heterocycles. The second-order valence-corrected chi connectivity index (χ2v) is 5.53. The lowest BCUT2D eigenvalue weighted by Gasteiger charge is -2.10. The van der Waals surface area contributed by atoms with Gasteiger partial charge in [-0.25, -0.2) is 9.48 Å². The first kappa shape index (κ1) is 15.5. The summed E-state index contributed by atoms with van der Waals surface area (Å²) < 4.78 is 1.55. The number of aliphatic hydroxyl groups is 1. The number of benzene rings is 1. The Morgan fingerprint density at radius 2 is 2.14 bits per heavy atom. The van der Waals surface area contributed by atoms with Crippen molar-refractivity contribution in [2.24, 2.45) is 5.92 Å². The van der Waals surface area contributed by atoms with E-state index in [-0.39, 0.29) is 17.2 Å². The van der Waals surface area contributed by atoms with Crippen LogP contribution in [-0.4, -0.2) is 31.2 Å². The van der Waals surface area contributed by atoms with Crippen molar-refractivity contribution in [3.8, 4) is 5.69 Å². The predicted molar refractivity (Wildman–Crippen MR) is 77.8 cm³/mol. The average Bonchev–Trinajstić information content (AvgIpc) is 2.81. The van der Waals surface area contributed by atoms with Crippen molar-refractivity contribution in [1.82, 2.24) is 15.0 Å². The lowest BCUT2D eigenvalue weighted by molar-refractivity contribution is 0.0697. The minimum Gasteiger partial charge on any atom is -0.478 e. The smallest absolute Gasteiger partial charge is 0.337 e. The molecular weight excluding hydrogens is 294 g/mol. The van der Waals surface area contributed by atoms with Crippen LogP contribution in [0.1, 0.15) is 35.6 Å². The van der Waals surface area contributed by atoms with Gasteiger partial charge in [-0.05, 0) is 30.5 Å². The van der Waals surface area contributed by atoms with Gasteiger partial charge < -0.3 is 10.2 Å². The summed E-state index contributed by atoms with van der Waals surface area (Å²) in [6.45, 7) is 3.88. The van der Waals surface area contributed by atoms with E-state index in [4.69, 9.17) is 16.7 Å². The predicted octanol–water partition coefficient (Wildman–Crippen LogP) is 2.31. The topological polar surface area (TPSA) is 88.2 Å². The number of carbonyl (C=O) groups is 1. The number of aromatic nitrogens is 3. The molecule has 2 N–H and O–H groups in total. The third-order valence-electron chi connectivity index (χ3n) is 3.02. The molecule has 7 heteroatoms. The third-order valence-corrected chi connectivity index (χ3v) is 3.35. The molecule has 2 rings (SSSR count). The molecule has 0 radical (unpaired) electrons. The molecule has 21 heavy (non-hydrogen) atoms. The maximum atomic E-state index is 11.2. The molecule has 0 aliphatic rings. The highest BCUT2D eigenvalue weighted by atomic mass is 35.5. The summed E-state index contributed by atoms with van der Waals surface area (Å²) in [5.74, 6) is -0.756. The van der Waals surface area contributed by atoms with Crippen LogP contribution in [0.3, 0.4) is 0 Å². The second-order valence-electron chi connectivity index (χ2n) is 5.12. The quantitative estimate of drug-likeness (QED) is 0.885. The van der Waals surface area contributed by atoms with E-state index in [0.29, 0.717) is 23.7 Å². The standard InChI is InChI=1S/C14H16ClN3O3/c1-8(2)5-13-12(7-19)16-17-18(13)9-3-4-11(15)10(6-9)14(20)21/h3-4,6,8,19H,5,7H2,1-2H3,(H,20,21). The van der Waals surface area contributed by atoms with Gasteiger partial charge in [0, 0.05) is 0 Å². The van der Waals surface area contributed by atoms with Crippen LogP contribution in [0.2, 0.25) is 5.02 Å². The lowest BCUT2D eigenvalue weighted by Crippen LogP contribution is -2.08. The van der Waals surface area contributed by atoms with Crippen molar-refractivity contribution < 1.29 is 15.0 Å². The highest BCUT2D eigenvalue weighted by Gasteiger charge is 2.17. The Hall–Kier alpha value is -1.92. The van der Waals surface area contributed by atoms with E-state index in [1.54, 1.807) is 10.7 Å². The molecule has 2 aromatic rings. The summed E-state index contributed by atoms with van der Waals surface area (Å²) >= 11 is 5.87. The highest BCUT2D eigenvalue weighted by Crippen LogP contribution is 2.22. The Balaban J connectivity index is 2.54. The van der Waals surface area contributed by atoms with Crippen molar-refractivity contribution in [1.29, 1.82) is 0 Å². The number of hydrogen-bond donors (Lipinski definition) is 2. The number of aliphatic hydroxyl groups excluding tert-OH is 1. The Morgan fingerprint density at radius 3 is 2.71 bits per heavy atom. The fourth-order valence-electron chi connectivity index (χ4n) is 2.06. The average molecular weight is 310 g/mol. The van der Waals surface area contributed by atoms with Gasteiger partial charge in [-0.3, -0.25) is 0 Å². The molecule has 0 amide bonds. The van der Waals surface area contributed by atoms with Gasteiger partial charge in [0.25, 0.3) is 0 Å². The monoisotopic (exact) mass is 309 g/mol. The Kier molecular flexibility index (Phi) is 4.59. The maximum Gasteiger partial charge on any atom is 0.337 e. The molecule has 0 atom stereocenters. The number of carboxylic acids is 1. The number of halogens is 1. The summed E-state index contributed by atoms with van der Waals surface area (Å²) in [7, 11) is 0. The van der Waals surface area contributed by atoms with E-state index < -0.39 is 5.97 Å².